The summed E-state index contributed by atoms with van der Waals surface area (Å²) in [5.41, 5.74) is 1.12. The maximum atomic E-state index is 12.4. The summed E-state index contributed by atoms with van der Waals surface area (Å²) in [5, 5.41) is 21.5. The fourth-order valence-corrected chi connectivity index (χ4v) is 4.83. The van der Waals surface area contributed by atoms with Crippen molar-refractivity contribution in [3.8, 4) is 0 Å². The molecule has 0 bridgehead atoms. The predicted molar refractivity (Wildman–Crippen MR) is 110 cm³/mol. The number of aryl methyl sites for hydroxylation is 1. The van der Waals surface area contributed by atoms with Crippen LogP contribution in [0.3, 0.4) is 0 Å². The lowest BCUT2D eigenvalue weighted by Crippen LogP contribution is -2.53. The molecule has 2 N–H and O–H groups in total. The van der Waals surface area contributed by atoms with E-state index < -0.39 is 0 Å². The van der Waals surface area contributed by atoms with Crippen molar-refractivity contribution in [3.63, 3.8) is 0 Å². The Bertz CT molecular complexity index is 672. The molecule has 3 atom stereocenters. The molecule has 4 rings (SSSR count). The van der Waals surface area contributed by atoms with Gasteiger partial charge in [-0.3, -0.25) is 14.4 Å². The number of aliphatic hydroxyl groups excluding tert-OH is 1. The van der Waals surface area contributed by atoms with Crippen LogP contribution in [0.25, 0.3) is 0 Å². The van der Waals surface area contributed by atoms with Crippen molar-refractivity contribution in [3.05, 3.63) is 11.9 Å². The molecule has 0 radical (unpaired) electrons. The Morgan fingerprint density at radius 3 is 2.77 bits per heavy atom. The van der Waals surface area contributed by atoms with Gasteiger partial charge in [0.2, 0.25) is 5.91 Å². The first-order chi connectivity index (χ1) is 14.7. The Morgan fingerprint density at radius 2 is 2.00 bits per heavy atom. The molecule has 3 heterocycles. The number of morpholine rings is 1. The van der Waals surface area contributed by atoms with Gasteiger partial charge in [-0.25, -0.2) is 0 Å². The van der Waals surface area contributed by atoms with Crippen molar-refractivity contribution in [2.75, 3.05) is 39.5 Å². The number of hydrogen-bond acceptors (Lipinski definition) is 7. The van der Waals surface area contributed by atoms with E-state index >= 15 is 0 Å². The molecule has 9 heteroatoms. The maximum absolute atomic E-state index is 12.4. The Balaban J connectivity index is 1.20. The largest absolute Gasteiger partial charge is 0.394 e. The first-order valence-corrected chi connectivity index (χ1v) is 11.5. The molecule has 1 amide bonds. The number of aromatic nitrogens is 3. The fraction of sp³-hybridized carbons (Fsp3) is 0.857. The number of nitrogens with one attached hydrogen (secondary N) is 1. The van der Waals surface area contributed by atoms with Crippen LogP contribution >= 0.6 is 0 Å². The van der Waals surface area contributed by atoms with Gasteiger partial charge in [0.05, 0.1) is 44.2 Å². The van der Waals surface area contributed by atoms with E-state index in [4.69, 9.17) is 9.47 Å². The topological polar surface area (TPSA) is 102 Å². The Labute approximate surface area is 178 Å². The smallest absolute Gasteiger partial charge is 0.234 e. The molecule has 0 spiro atoms. The van der Waals surface area contributed by atoms with E-state index in [1.807, 2.05) is 4.68 Å². The van der Waals surface area contributed by atoms with Crippen molar-refractivity contribution in [2.24, 2.45) is 0 Å². The van der Waals surface area contributed by atoms with Gasteiger partial charge in [-0.05, 0) is 32.1 Å². The molecule has 9 nitrogen and oxygen atoms in total. The summed E-state index contributed by atoms with van der Waals surface area (Å²) in [5.74, 6) is 0.565. The van der Waals surface area contributed by atoms with Gasteiger partial charge in [-0.1, -0.05) is 18.1 Å². The van der Waals surface area contributed by atoms with Crippen LogP contribution in [0.2, 0.25) is 0 Å². The van der Waals surface area contributed by atoms with E-state index in [1.165, 1.54) is 25.7 Å². The molecule has 2 saturated heterocycles. The van der Waals surface area contributed by atoms with Crippen molar-refractivity contribution in [1.82, 2.24) is 25.2 Å². The zero-order valence-corrected chi connectivity index (χ0v) is 17.7. The number of nitrogens with zero attached hydrogens (tertiary/aromatic N) is 4. The Hall–Kier alpha value is -1.55. The number of aliphatic hydroxyl groups is 1. The van der Waals surface area contributed by atoms with E-state index in [1.54, 1.807) is 0 Å². The standard InChI is InChI=1S/C21H35N5O4/c27-15-20-18(22-21(28)14-25-9-11-29-12-10-25)6-5-17(30-20)7-8-26-13-19(23-24-26)16-3-1-2-4-16/h13,16-18,20,27H,1-12,14-15H2,(H,22,28)/t17-,18+,20-/m1/s1. The monoisotopic (exact) mass is 421 g/mol. The van der Waals surface area contributed by atoms with Crippen LogP contribution in [-0.2, 0) is 20.8 Å². The van der Waals surface area contributed by atoms with Gasteiger partial charge in [0, 0.05) is 31.7 Å². The molecule has 2 aliphatic heterocycles. The highest BCUT2D eigenvalue weighted by Gasteiger charge is 2.32. The second-order valence-electron chi connectivity index (χ2n) is 8.80. The van der Waals surface area contributed by atoms with Gasteiger partial charge in [0.15, 0.2) is 0 Å². The predicted octanol–water partition coefficient (Wildman–Crippen LogP) is 0.683. The third-order valence-electron chi connectivity index (χ3n) is 6.62. The first-order valence-electron chi connectivity index (χ1n) is 11.5. The highest BCUT2D eigenvalue weighted by atomic mass is 16.5. The lowest BCUT2D eigenvalue weighted by Gasteiger charge is -2.36. The minimum Gasteiger partial charge on any atom is -0.394 e. The second-order valence-corrected chi connectivity index (χ2v) is 8.80. The fourth-order valence-electron chi connectivity index (χ4n) is 4.83. The van der Waals surface area contributed by atoms with Crippen molar-refractivity contribution in [1.29, 1.82) is 0 Å². The number of carbonyl (C=O) groups is 1. The van der Waals surface area contributed by atoms with Gasteiger partial charge in [0.1, 0.15) is 6.10 Å². The van der Waals surface area contributed by atoms with Crippen LogP contribution < -0.4 is 5.32 Å². The van der Waals surface area contributed by atoms with Crippen LogP contribution in [0.1, 0.15) is 56.6 Å². The van der Waals surface area contributed by atoms with Crippen molar-refractivity contribution < 1.29 is 19.4 Å². The maximum Gasteiger partial charge on any atom is 0.234 e. The molecule has 168 valence electrons. The summed E-state index contributed by atoms with van der Waals surface area (Å²) in [6, 6.07) is -0.139. The van der Waals surface area contributed by atoms with Gasteiger partial charge >= 0.3 is 0 Å². The highest BCUT2D eigenvalue weighted by Crippen LogP contribution is 2.32. The normalized spacial score (nSPS) is 28.6. The van der Waals surface area contributed by atoms with Gasteiger partial charge in [0.25, 0.3) is 0 Å². The lowest BCUT2D eigenvalue weighted by molar-refractivity contribution is -0.130. The molecule has 3 aliphatic rings. The SMILES string of the molecule is O=C(CN1CCOCC1)N[C@H]1CC[C@H](CCn2cc(C3CCCC3)nn2)O[C@@H]1CO. The third kappa shape index (κ3) is 5.78. The number of carbonyl (C=O) groups excluding carboxylic acids is 1. The first kappa shape index (κ1) is 21.7. The molecule has 0 unspecified atom stereocenters. The Morgan fingerprint density at radius 1 is 1.20 bits per heavy atom. The number of ether oxygens (including phenoxy) is 2. The van der Waals surface area contributed by atoms with Crippen LogP contribution in [-0.4, -0.2) is 88.6 Å². The number of amides is 1. The van der Waals surface area contributed by atoms with E-state index in [9.17, 15) is 9.90 Å². The quantitative estimate of drug-likeness (QED) is 0.636. The molecule has 0 aromatic carbocycles. The summed E-state index contributed by atoms with van der Waals surface area (Å²) in [7, 11) is 0. The summed E-state index contributed by atoms with van der Waals surface area (Å²) in [4.78, 5) is 14.5. The molecule has 1 aliphatic carbocycles. The van der Waals surface area contributed by atoms with Crippen LogP contribution in [0.15, 0.2) is 6.20 Å². The summed E-state index contributed by atoms with van der Waals surface area (Å²) in [6.07, 6.45) is 9.33. The van der Waals surface area contributed by atoms with Gasteiger partial charge < -0.3 is 19.9 Å². The van der Waals surface area contributed by atoms with Crippen LogP contribution in [0.5, 0.6) is 0 Å². The second kappa shape index (κ2) is 10.7. The number of hydrogen-bond donors (Lipinski definition) is 2. The Kier molecular flexibility index (Phi) is 7.70. The zero-order valence-electron chi connectivity index (χ0n) is 17.7. The molecule has 1 saturated carbocycles. The minimum atomic E-state index is -0.359. The lowest BCUT2D eigenvalue weighted by atomic mass is 9.97. The van der Waals surface area contributed by atoms with E-state index in [-0.39, 0.29) is 30.8 Å². The van der Waals surface area contributed by atoms with E-state index in [0.29, 0.717) is 25.7 Å². The van der Waals surface area contributed by atoms with Crippen molar-refractivity contribution in [2.45, 2.75) is 75.7 Å². The average molecular weight is 422 g/mol. The van der Waals surface area contributed by atoms with Crippen LogP contribution in [0, 0.1) is 0 Å². The van der Waals surface area contributed by atoms with E-state index in [0.717, 1.165) is 44.6 Å². The highest BCUT2D eigenvalue weighted by molar-refractivity contribution is 5.78. The van der Waals surface area contributed by atoms with Gasteiger partial charge in [-0.15, -0.1) is 5.10 Å². The minimum absolute atomic E-state index is 0.00976. The average Bonchev–Trinajstić information content (AvgIpc) is 3.45. The third-order valence-corrected chi connectivity index (χ3v) is 6.62. The van der Waals surface area contributed by atoms with Crippen molar-refractivity contribution >= 4 is 5.91 Å². The summed E-state index contributed by atoms with van der Waals surface area (Å²) < 4.78 is 13.3. The van der Waals surface area contributed by atoms with Crippen LogP contribution in [0.4, 0.5) is 0 Å². The summed E-state index contributed by atoms with van der Waals surface area (Å²) in [6.45, 7) is 3.96. The molecular formula is C21H35N5O4. The zero-order chi connectivity index (χ0) is 20.8. The summed E-state index contributed by atoms with van der Waals surface area (Å²) >= 11 is 0. The molecule has 1 aromatic rings. The molecule has 1 aromatic heterocycles. The molecular weight excluding hydrogens is 386 g/mol. The van der Waals surface area contributed by atoms with E-state index in [2.05, 4.69) is 26.7 Å². The molecule has 3 fully saturated rings. The number of rotatable bonds is 8. The molecule has 30 heavy (non-hydrogen) atoms. The van der Waals surface area contributed by atoms with Gasteiger partial charge in [-0.2, -0.15) is 0 Å².